The van der Waals surface area contributed by atoms with Crippen molar-refractivity contribution in [2.45, 2.75) is 63.9 Å². The van der Waals surface area contributed by atoms with Crippen molar-refractivity contribution >= 4 is 20.3 Å². The third-order valence-electron chi connectivity index (χ3n) is 5.43. The Morgan fingerprint density at radius 1 is 1.19 bits per heavy atom. The average Bonchev–Trinajstić information content (AvgIpc) is 2.94. The molecule has 150 valence electrons. The smallest absolute Gasteiger partial charge is 0.357 e. The Morgan fingerprint density at radius 2 is 1.81 bits per heavy atom. The van der Waals surface area contributed by atoms with Gasteiger partial charge in [0.25, 0.3) is 0 Å². The molecule has 1 saturated heterocycles. The molecule has 1 aromatic rings. The summed E-state index contributed by atoms with van der Waals surface area (Å²) < 4.78 is 11.3. The van der Waals surface area contributed by atoms with Gasteiger partial charge in [-0.15, -0.1) is 5.06 Å². The molecule has 0 unspecified atom stereocenters. The van der Waals surface area contributed by atoms with Crippen LogP contribution >= 0.6 is 0 Å². The highest BCUT2D eigenvalue weighted by molar-refractivity contribution is 6.74. The molecule has 2 rings (SSSR count). The number of ether oxygens (including phenoxy) is 1. The van der Waals surface area contributed by atoms with E-state index in [1.54, 1.807) is 29.3 Å². The van der Waals surface area contributed by atoms with Crippen LogP contribution in [-0.2, 0) is 18.8 Å². The van der Waals surface area contributed by atoms with Gasteiger partial charge in [-0.25, -0.2) is 4.79 Å². The molecule has 1 fully saturated rings. The van der Waals surface area contributed by atoms with Gasteiger partial charge >= 0.3 is 11.9 Å². The summed E-state index contributed by atoms with van der Waals surface area (Å²) >= 11 is 0. The number of rotatable bonds is 6. The second-order valence-electron chi connectivity index (χ2n) is 8.51. The molecule has 1 heterocycles. The Kier molecular flexibility index (Phi) is 6.83. The van der Waals surface area contributed by atoms with Gasteiger partial charge in [0.2, 0.25) is 0 Å². The molecule has 0 radical (unpaired) electrons. The van der Waals surface area contributed by atoms with Crippen molar-refractivity contribution in [3.8, 4) is 0 Å². The van der Waals surface area contributed by atoms with E-state index in [2.05, 4.69) is 33.9 Å². The third kappa shape index (κ3) is 5.64. The summed E-state index contributed by atoms with van der Waals surface area (Å²) in [4.78, 5) is 29.8. The van der Waals surface area contributed by atoms with Gasteiger partial charge in [0.15, 0.2) is 8.32 Å². The van der Waals surface area contributed by atoms with Crippen LogP contribution in [-0.4, -0.2) is 51.1 Å². The maximum absolute atomic E-state index is 12.4. The molecule has 1 aliphatic rings. The number of carbonyl (C=O) groups excluding carboxylic acids is 2. The summed E-state index contributed by atoms with van der Waals surface area (Å²) in [6.07, 6.45) is 0.712. The summed E-state index contributed by atoms with van der Waals surface area (Å²) in [6.45, 7) is 11.4. The molecule has 0 aliphatic carbocycles. The number of esters is 1. The average molecular weight is 394 g/mol. The molecular formula is C20H31NO5Si. The predicted octanol–water partition coefficient (Wildman–Crippen LogP) is 3.79. The first kappa shape index (κ1) is 21.6. The van der Waals surface area contributed by atoms with Crippen molar-refractivity contribution in [2.24, 2.45) is 0 Å². The summed E-state index contributed by atoms with van der Waals surface area (Å²) in [5.41, 5.74) is 0.475. The van der Waals surface area contributed by atoms with Gasteiger partial charge in [0.1, 0.15) is 0 Å². The fourth-order valence-electron chi connectivity index (χ4n) is 2.83. The van der Waals surface area contributed by atoms with Crippen LogP contribution in [0.3, 0.4) is 0 Å². The number of hydrogen-bond donors (Lipinski definition) is 0. The van der Waals surface area contributed by atoms with Crippen molar-refractivity contribution in [1.82, 2.24) is 5.06 Å². The van der Waals surface area contributed by atoms with Gasteiger partial charge in [-0.05, 0) is 36.7 Å². The van der Waals surface area contributed by atoms with Gasteiger partial charge in [-0.1, -0.05) is 39.0 Å². The minimum absolute atomic E-state index is 0.0795. The van der Waals surface area contributed by atoms with E-state index < -0.39 is 14.3 Å². The Balaban J connectivity index is 2.10. The zero-order valence-electron chi connectivity index (χ0n) is 17.2. The highest BCUT2D eigenvalue weighted by atomic mass is 28.4. The quantitative estimate of drug-likeness (QED) is 0.541. The van der Waals surface area contributed by atoms with E-state index in [0.717, 1.165) is 0 Å². The van der Waals surface area contributed by atoms with Crippen LogP contribution < -0.4 is 0 Å². The minimum atomic E-state index is -1.96. The molecule has 0 N–H and O–H groups in total. The van der Waals surface area contributed by atoms with Crippen molar-refractivity contribution in [3.05, 3.63) is 35.9 Å². The summed E-state index contributed by atoms with van der Waals surface area (Å²) in [5, 5.41) is 1.67. The van der Waals surface area contributed by atoms with Crippen LogP contribution in [0.25, 0.3) is 0 Å². The molecule has 27 heavy (non-hydrogen) atoms. The van der Waals surface area contributed by atoms with Gasteiger partial charge in [-0.2, -0.15) is 0 Å². The standard InChI is InChI=1S/C20H31NO5Si/c1-20(2,3)27(5,6)26-17-12-16(13-18(22)24-4)21(14-17)25-19(23)15-10-8-7-9-11-15/h7-11,16-17H,12-14H2,1-6H3/t16-,17-/m1/s1. The van der Waals surface area contributed by atoms with E-state index in [4.69, 9.17) is 14.0 Å². The highest BCUT2D eigenvalue weighted by Crippen LogP contribution is 2.39. The normalized spacial score (nSPS) is 21.1. The molecule has 0 saturated carbocycles. The molecular weight excluding hydrogens is 362 g/mol. The Morgan fingerprint density at radius 3 is 2.37 bits per heavy atom. The topological polar surface area (TPSA) is 65.1 Å². The van der Waals surface area contributed by atoms with Crippen LogP contribution in [0.1, 0.15) is 44.0 Å². The molecule has 6 nitrogen and oxygen atoms in total. The fraction of sp³-hybridized carbons (Fsp3) is 0.600. The molecule has 0 bridgehead atoms. The first-order valence-corrected chi connectivity index (χ1v) is 12.2. The highest BCUT2D eigenvalue weighted by Gasteiger charge is 2.44. The maximum atomic E-state index is 12.4. The monoisotopic (exact) mass is 393 g/mol. The van der Waals surface area contributed by atoms with E-state index >= 15 is 0 Å². The van der Waals surface area contributed by atoms with Gasteiger partial charge < -0.3 is 14.0 Å². The van der Waals surface area contributed by atoms with E-state index in [1.807, 2.05) is 6.07 Å². The Labute approximate surface area is 162 Å². The molecule has 7 heteroatoms. The van der Waals surface area contributed by atoms with Crippen LogP contribution in [0.5, 0.6) is 0 Å². The van der Waals surface area contributed by atoms with Crippen LogP contribution in [0.2, 0.25) is 18.1 Å². The number of benzene rings is 1. The van der Waals surface area contributed by atoms with E-state index in [1.165, 1.54) is 7.11 Å². The first-order valence-electron chi connectivity index (χ1n) is 9.32. The van der Waals surface area contributed by atoms with Gasteiger partial charge in [0, 0.05) is 0 Å². The lowest BCUT2D eigenvalue weighted by atomic mass is 10.1. The van der Waals surface area contributed by atoms with E-state index in [-0.39, 0.29) is 29.6 Å². The largest absolute Gasteiger partial charge is 0.469 e. The summed E-state index contributed by atoms with van der Waals surface area (Å²) in [7, 11) is -0.602. The molecule has 2 atom stereocenters. The second-order valence-corrected chi connectivity index (χ2v) is 13.3. The molecule has 0 amide bonds. The predicted molar refractivity (Wildman–Crippen MR) is 106 cm³/mol. The lowest BCUT2D eigenvalue weighted by molar-refractivity contribution is -0.151. The van der Waals surface area contributed by atoms with E-state index in [0.29, 0.717) is 18.5 Å². The van der Waals surface area contributed by atoms with Crippen LogP contribution in [0, 0.1) is 0 Å². The van der Waals surface area contributed by atoms with Crippen molar-refractivity contribution in [1.29, 1.82) is 0 Å². The molecule has 1 aromatic carbocycles. The van der Waals surface area contributed by atoms with Crippen molar-refractivity contribution in [3.63, 3.8) is 0 Å². The minimum Gasteiger partial charge on any atom is -0.469 e. The number of hydroxylamine groups is 2. The number of carbonyl (C=O) groups is 2. The first-order chi connectivity index (χ1) is 12.5. The van der Waals surface area contributed by atoms with Crippen molar-refractivity contribution < 1.29 is 23.6 Å². The second kappa shape index (κ2) is 8.54. The van der Waals surface area contributed by atoms with E-state index in [9.17, 15) is 9.59 Å². The molecule has 0 aromatic heterocycles. The summed E-state index contributed by atoms with van der Waals surface area (Å²) in [5.74, 6) is -0.757. The maximum Gasteiger partial charge on any atom is 0.357 e. The lowest BCUT2D eigenvalue weighted by Gasteiger charge is -2.38. The fourth-order valence-corrected chi connectivity index (χ4v) is 4.19. The van der Waals surface area contributed by atoms with Crippen LogP contribution in [0.4, 0.5) is 0 Å². The molecule has 0 spiro atoms. The summed E-state index contributed by atoms with van der Waals surface area (Å²) in [6, 6.07) is 8.58. The van der Waals surface area contributed by atoms with Gasteiger partial charge in [0.05, 0.1) is 37.8 Å². The Bertz CT molecular complexity index is 656. The number of hydrogen-bond acceptors (Lipinski definition) is 6. The van der Waals surface area contributed by atoms with Crippen molar-refractivity contribution in [2.75, 3.05) is 13.7 Å². The number of nitrogens with zero attached hydrogens (tertiary/aromatic N) is 1. The van der Waals surface area contributed by atoms with Crippen LogP contribution in [0.15, 0.2) is 30.3 Å². The SMILES string of the molecule is COC(=O)C[C@H]1C[C@@H](O[Si](C)(C)C(C)(C)C)CN1OC(=O)c1ccccc1. The molecule has 1 aliphatic heterocycles. The lowest BCUT2D eigenvalue weighted by Crippen LogP contribution is -2.44. The van der Waals surface area contributed by atoms with Gasteiger partial charge in [-0.3, -0.25) is 4.79 Å². The zero-order chi connectivity index (χ0) is 20.2. The third-order valence-corrected chi connectivity index (χ3v) is 9.97. The zero-order valence-corrected chi connectivity index (χ0v) is 18.2. The number of methoxy groups -OCH3 is 1. The Hall–Kier alpha value is -1.70.